The van der Waals surface area contributed by atoms with Crippen molar-refractivity contribution < 1.29 is 0 Å². The van der Waals surface area contributed by atoms with E-state index in [9.17, 15) is 0 Å². The number of nitrogens with zero attached hydrogens (tertiary/aromatic N) is 1. The summed E-state index contributed by atoms with van der Waals surface area (Å²) in [5.41, 5.74) is 8.60. The molecule has 0 fully saturated rings. The maximum absolute atomic E-state index is 6.16. The third-order valence-corrected chi connectivity index (χ3v) is 5.12. The molecule has 100 valence electrons. The third kappa shape index (κ3) is 2.32. The van der Waals surface area contributed by atoms with Crippen LogP contribution in [0.4, 0.5) is 0 Å². The summed E-state index contributed by atoms with van der Waals surface area (Å²) in [4.78, 5) is 3.74. The zero-order chi connectivity index (χ0) is 13.4. The zero-order valence-electron chi connectivity index (χ0n) is 10.8. The maximum atomic E-state index is 6.16. The first-order valence-electron chi connectivity index (χ1n) is 6.43. The minimum Gasteiger partial charge on any atom is -0.329 e. The molecule has 19 heavy (non-hydrogen) atoms. The predicted octanol–water partition coefficient (Wildman–Crippen LogP) is 3.48. The normalized spacial score (nSPS) is 23.3. The predicted molar refractivity (Wildman–Crippen MR) is 82.0 cm³/mol. The number of hydrogen-bond donors (Lipinski definition) is 1. The van der Waals surface area contributed by atoms with Gasteiger partial charge in [-0.3, -0.25) is 4.90 Å². The molecule has 2 heterocycles. The van der Waals surface area contributed by atoms with Gasteiger partial charge in [0.1, 0.15) is 0 Å². The van der Waals surface area contributed by atoms with Crippen LogP contribution in [0.2, 0.25) is 5.02 Å². The lowest BCUT2D eigenvalue weighted by molar-refractivity contribution is 0.224. The fraction of sp³-hybridized carbons (Fsp3) is 0.333. The second-order valence-electron chi connectivity index (χ2n) is 5.03. The van der Waals surface area contributed by atoms with Gasteiger partial charge in [0, 0.05) is 34.9 Å². The van der Waals surface area contributed by atoms with Crippen molar-refractivity contribution in [2.24, 2.45) is 5.73 Å². The second kappa shape index (κ2) is 5.25. The third-order valence-electron chi connectivity index (χ3n) is 3.90. The first-order chi connectivity index (χ1) is 9.20. The molecule has 0 amide bonds. The standard InChI is InChI=1S/C15H17ClN2S/c1-18-9-13(15-3-2-6-19-15)11-5-4-10(16)7-12(11)14(18)8-17/h2-7,13-14H,8-9,17H2,1H3. The molecule has 1 aliphatic heterocycles. The van der Waals surface area contributed by atoms with Crippen molar-refractivity contribution in [3.8, 4) is 0 Å². The number of likely N-dealkylation sites (N-methyl/N-ethyl adjacent to an activating group) is 1. The zero-order valence-corrected chi connectivity index (χ0v) is 12.4. The topological polar surface area (TPSA) is 29.3 Å². The molecule has 2 atom stereocenters. The van der Waals surface area contributed by atoms with Gasteiger partial charge in [-0.25, -0.2) is 0 Å². The van der Waals surface area contributed by atoms with Crippen LogP contribution in [0.1, 0.15) is 28.0 Å². The average molecular weight is 293 g/mol. The number of rotatable bonds is 2. The summed E-state index contributed by atoms with van der Waals surface area (Å²) in [6.07, 6.45) is 0. The first kappa shape index (κ1) is 13.1. The summed E-state index contributed by atoms with van der Waals surface area (Å²) in [6.45, 7) is 1.64. The molecule has 1 aromatic carbocycles. The number of hydrogen-bond acceptors (Lipinski definition) is 3. The summed E-state index contributed by atoms with van der Waals surface area (Å²) < 4.78 is 0. The van der Waals surface area contributed by atoms with Gasteiger partial charge in [0.05, 0.1) is 0 Å². The molecule has 0 saturated heterocycles. The van der Waals surface area contributed by atoms with Crippen LogP contribution in [0, 0.1) is 0 Å². The smallest absolute Gasteiger partial charge is 0.0471 e. The van der Waals surface area contributed by atoms with E-state index in [4.69, 9.17) is 17.3 Å². The highest BCUT2D eigenvalue weighted by Crippen LogP contribution is 2.40. The van der Waals surface area contributed by atoms with Crippen LogP contribution in [-0.2, 0) is 0 Å². The summed E-state index contributed by atoms with van der Waals surface area (Å²) in [7, 11) is 2.14. The minimum absolute atomic E-state index is 0.268. The van der Waals surface area contributed by atoms with E-state index in [1.807, 2.05) is 17.4 Å². The van der Waals surface area contributed by atoms with Gasteiger partial charge >= 0.3 is 0 Å². The van der Waals surface area contributed by atoms with E-state index >= 15 is 0 Å². The van der Waals surface area contributed by atoms with E-state index in [0.29, 0.717) is 12.5 Å². The van der Waals surface area contributed by atoms with Gasteiger partial charge in [0.15, 0.2) is 0 Å². The monoisotopic (exact) mass is 292 g/mol. The largest absolute Gasteiger partial charge is 0.329 e. The Balaban J connectivity index is 2.11. The van der Waals surface area contributed by atoms with Crippen LogP contribution in [0.3, 0.4) is 0 Å². The summed E-state index contributed by atoms with van der Waals surface area (Å²) in [5.74, 6) is 0.431. The van der Waals surface area contributed by atoms with Gasteiger partial charge in [-0.2, -0.15) is 0 Å². The quantitative estimate of drug-likeness (QED) is 0.918. The number of fused-ring (bicyclic) bond motifs is 1. The molecule has 1 aliphatic rings. The van der Waals surface area contributed by atoms with Crippen molar-refractivity contribution in [1.82, 2.24) is 4.90 Å². The SMILES string of the molecule is CN1CC(c2cccs2)c2ccc(Cl)cc2C1CN. The highest BCUT2D eigenvalue weighted by molar-refractivity contribution is 7.10. The number of halogens is 1. The Labute approximate surface area is 122 Å². The van der Waals surface area contributed by atoms with Crippen LogP contribution < -0.4 is 5.73 Å². The Bertz CT molecular complexity index is 568. The molecule has 0 saturated carbocycles. The van der Waals surface area contributed by atoms with E-state index in [1.54, 1.807) is 0 Å². The van der Waals surface area contributed by atoms with Gasteiger partial charge in [0.25, 0.3) is 0 Å². The van der Waals surface area contributed by atoms with Gasteiger partial charge in [0.2, 0.25) is 0 Å². The number of benzene rings is 1. The van der Waals surface area contributed by atoms with Gasteiger partial charge in [-0.05, 0) is 41.8 Å². The lowest BCUT2D eigenvalue weighted by Gasteiger charge is -2.38. The van der Waals surface area contributed by atoms with E-state index in [0.717, 1.165) is 11.6 Å². The summed E-state index contributed by atoms with van der Waals surface area (Å²) in [6, 6.07) is 10.8. The molecule has 0 aliphatic carbocycles. The average Bonchev–Trinajstić information content (AvgIpc) is 2.91. The van der Waals surface area contributed by atoms with E-state index < -0.39 is 0 Å². The van der Waals surface area contributed by atoms with Crippen molar-refractivity contribution in [3.05, 3.63) is 56.7 Å². The van der Waals surface area contributed by atoms with E-state index in [2.05, 4.69) is 41.6 Å². The van der Waals surface area contributed by atoms with Gasteiger partial charge in [-0.15, -0.1) is 11.3 Å². The van der Waals surface area contributed by atoms with Crippen molar-refractivity contribution in [2.45, 2.75) is 12.0 Å². The van der Waals surface area contributed by atoms with Crippen LogP contribution in [-0.4, -0.2) is 25.0 Å². The number of thiophene rings is 1. The molecule has 0 spiro atoms. The molecule has 2 N–H and O–H groups in total. The molecule has 2 unspecified atom stereocenters. The van der Waals surface area contributed by atoms with Crippen LogP contribution >= 0.6 is 22.9 Å². The van der Waals surface area contributed by atoms with Gasteiger partial charge in [-0.1, -0.05) is 23.7 Å². The molecular formula is C15H17ClN2S. The Morgan fingerprint density at radius 1 is 1.37 bits per heavy atom. The summed E-state index contributed by atoms with van der Waals surface area (Å²) in [5, 5.41) is 2.93. The Hall–Kier alpha value is -0.870. The Morgan fingerprint density at radius 3 is 2.89 bits per heavy atom. The van der Waals surface area contributed by atoms with Crippen LogP contribution in [0.25, 0.3) is 0 Å². The molecule has 1 aromatic heterocycles. The molecular weight excluding hydrogens is 276 g/mol. The molecule has 2 nitrogen and oxygen atoms in total. The second-order valence-corrected chi connectivity index (χ2v) is 6.45. The van der Waals surface area contributed by atoms with Crippen LogP contribution in [0.15, 0.2) is 35.7 Å². The maximum Gasteiger partial charge on any atom is 0.0471 e. The highest BCUT2D eigenvalue weighted by atomic mass is 35.5. The summed E-state index contributed by atoms with van der Waals surface area (Å²) >= 11 is 7.98. The Kier molecular flexibility index (Phi) is 3.63. The fourth-order valence-corrected chi connectivity index (χ4v) is 3.96. The fourth-order valence-electron chi connectivity index (χ4n) is 2.94. The van der Waals surface area contributed by atoms with E-state index in [1.165, 1.54) is 16.0 Å². The van der Waals surface area contributed by atoms with Crippen molar-refractivity contribution in [1.29, 1.82) is 0 Å². The van der Waals surface area contributed by atoms with Gasteiger partial charge < -0.3 is 5.73 Å². The molecule has 3 rings (SSSR count). The molecule has 0 radical (unpaired) electrons. The number of nitrogens with two attached hydrogens (primary N) is 1. The molecule has 2 aromatic rings. The van der Waals surface area contributed by atoms with Crippen molar-refractivity contribution >= 4 is 22.9 Å². The Morgan fingerprint density at radius 2 is 2.21 bits per heavy atom. The first-order valence-corrected chi connectivity index (χ1v) is 7.69. The molecule has 0 bridgehead atoms. The lowest BCUT2D eigenvalue weighted by atomic mass is 9.84. The van der Waals surface area contributed by atoms with Crippen LogP contribution in [0.5, 0.6) is 0 Å². The minimum atomic E-state index is 0.268. The lowest BCUT2D eigenvalue weighted by Crippen LogP contribution is -2.38. The highest BCUT2D eigenvalue weighted by Gasteiger charge is 2.31. The van der Waals surface area contributed by atoms with E-state index in [-0.39, 0.29) is 6.04 Å². The molecule has 4 heteroatoms. The van der Waals surface area contributed by atoms with Crippen molar-refractivity contribution in [2.75, 3.05) is 20.1 Å². The van der Waals surface area contributed by atoms with Crippen molar-refractivity contribution in [3.63, 3.8) is 0 Å².